The van der Waals surface area contributed by atoms with Gasteiger partial charge in [-0.2, -0.15) is 16.8 Å². The molecule has 12 heteroatoms. The summed E-state index contributed by atoms with van der Waals surface area (Å²) in [5.41, 5.74) is 0. The summed E-state index contributed by atoms with van der Waals surface area (Å²) >= 11 is 0. The Morgan fingerprint density at radius 3 is 2.04 bits per heavy atom. The summed E-state index contributed by atoms with van der Waals surface area (Å²) in [7, 11) is -9.70. The van der Waals surface area contributed by atoms with Crippen LogP contribution >= 0.6 is 0 Å². The third-order valence-electron chi connectivity index (χ3n) is 3.41. The van der Waals surface area contributed by atoms with Crippen molar-refractivity contribution in [3.63, 3.8) is 0 Å². The Kier molecular flexibility index (Phi) is 15.5. The second-order valence-electron chi connectivity index (χ2n) is 5.76. The average Bonchev–Trinajstić information content (AvgIpc) is 2.49. The Hall–Kier alpha value is -0.460. The molecule has 1 unspecified atom stereocenters. The smallest absolute Gasteiger partial charge is 0.550 e. The first kappa shape index (κ1) is 28.7. The molecule has 1 atom stereocenters. The molecule has 0 fully saturated rings. The molecule has 152 valence electrons. The van der Waals surface area contributed by atoms with E-state index in [0.29, 0.717) is 11.8 Å². The van der Waals surface area contributed by atoms with E-state index in [4.69, 9.17) is 4.55 Å². The zero-order chi connectivity index (χ0) is 20.2. The summed E-state index contributed by atoms with van der Waals surface area (Å²) in [6, 6.07) is 0. The number of allylic oxidation sites excluding steroid dienone is 1. The molecular weight excluding hydrogens is 411 g/mol. The minimum atomic E-state index is -5.16. The number of hydrogen-bond donors (Lipinski definition) is 1. The Balaban J connectivity index is 0. The van der Waals surface area contributed by atoms with Crippen molar-refractivity contribution in [2.45, 2.75) is 70.0 Å². The second-order valence-corrected chi connectivity index (χ2v) is 8.78. The number of carbonyl (C=O) groups is 2. The molecule has 0 amide bonds. The molecule has 0 radical (unpaired) electrons. The SMILES string of the molecule is CCCCCCCCCC=CS(=O)(=O)OC(=O)C(CC(=O)[O-])S(=O)(=O)O.[Na+]. The van der Waals surface area contributed by atoms with Gasteiger partial charge in [0.05, 0.1) is 5.41 Å². The molecule has 0 bridgehead atoms. The van der Waals surface area contributed by atoms with Crippen molar-refractivity contribution in [1.29, 1.82) is 0 Å². The Morgan fingerprint density at radius 2 is 1.56 bits per heavy atom. The van der Waals surface area contributed by atoms with Gasteiger partial charge in [0, 0.05) is 12.4 Å². The number of hydrogen-bond acceptors (Lipinski definition) is 8. The molecule has 0 aromatic carbocycles. The quantitative estimate of drug-likeness (QED) is 0.140. The van der Waals surface area contributed by atoms with E-state index in [9.17, 15) is 31.5 Å². The van der Waals surface area contributed by atoms with Crippen LogP contribution in [0.25, 0.3) is 0 Å². The molecule has 0 spiro atoms. The Labute approximate surface area is 182 Å². The van der Waals surface area contributed by atoms with E-state index < -0.39 is 43.8 Å². The molecule has 0 aliphatic heterocycles. The predicted molar refractivity (Wildman–Crippen MR) is 91.7 cm³/mol. The second kappa shape index (κ2) is 14.5. The van der Waals surface area contributed by atoms with E-state index in [0.717, 1.165) is 38.5 Å². The molecule has 27 heavy (non-hydrogen) atoms. The summed E-state index contributed by atoms with van der Waals surface area (Å²) in [5.74, 6) is -3.87. The first-order valence-electron chi connectivity index (χ1n) is 8.30. The van der Waals surface area contributed by atoms with E-state index in [-0.39, 0.29) is 29.6 Å². The first-order valence-corrected chi connectivity index (χ1v) is 11.3. The van der Waals surface area contributed by atoms with E-state index in [2.05, 4.69) is 11.1 Å². The Morgan fingerprint density at radius 1 is 1.04 bits per heavy atom. The minimum absolute atomic E-state index is 0. The van der Waals surface area contributed by atoms with Crippen LogP contribution in [0.2, 0.25) is 0 Å². The summed E-state index contributed by atoms with van der Waals surface area (Å²) in [6.07, 6.45) is 7.58. The topological polar surface area (TPSA) is 155 Å². The standard InChI is InChI=1S/C15H26O9S2.Na/c1-2-3-4-5-6-7-8-9-10-11-25(19,20)24-15(18)13(12-14(16)17)26(21,22)23;/h10-11,13H,2-9,12H2,1H3,(H,16,17)(H,21,22,23);/q;+1/p-1. The van der Waals surface area contributed by atoms with Crippen LogP contribution in [-0.2, 0) is 34.0 Å². The van der Waals surface area contributed by atoms with Crippen molar-refractivity contribution in [3.8, 4) is 0 Å². The van der Waals surface area contributed by atoms with Crippen LogP contribution in [-0.4, -0.2) is 38.6 Å². The minimum Gasteiger partial charge on any atom is -0.550 e. The number of aliphatic carboxylic acids is 1. The van der Waals surface area contributed by atoms with E-state index in [1.807, 2.05) is 0 Å². The maximum Gasteiger partial charge on any atom is 1.00 e. The predicted octanol–water partition coefficient (Wildman–Crippen LogP) is -2.09. The van der Waals surface area contributed by atoms with Gasteiger partial charge in [-0.05, 0) is 12.8 Å². The third kappa shape index (κ3) is 15.2. The molecular formula is C15H25NaO9S2. The number of carboxylic acid groups (broad SMARTS) is 1. The normalized spacial score (nSPS) is 13.1. The van der Waals surface area contributed by atoms with Gasteiger partial charge in [0.1, 0.15) is 0 Å². The van der Waals surface area contributed by atoms with Gasteiger partial charge in [0.15, 0.2) is 5.25 Å². The number of carboxylic acids is 1. The molecule has 0 saturated carbocycles. The first-order chi connectivity index (χ1) is 12.0. The molecule has 9 nitrogen and oxygen atoms in total. The van der Waals surface area contributed by atoms with Crippen LogP contribution in [0.1, 0.15) is 64.7 Å². The van der Waals surface area contributed by atoms with E-state index >= 15 is 0 Å². The average molecular weight is 436 g/mol. The van der Waals surface area contributed by atoms with Crippen molar-refractivity contribution >= 4 is 32.2 Å². The number of carbonyl (C=O) groups excluding carboxylic acids is 2. The molecule has 0 saturated heterocycles. The van der Waals surface area contributed by atoms with Crippen LogP contribution in [0.15, 0.2) is 11.5 Å². The molecule has 0 aliphatic carbocycles. The van der Waals surface area contributed by atoms with Crippen molar-refractivity contribution in [2.75, 3.05) is 0 Å². The van der Waals surface area contributed by atoms with Gasteiger partial charge in [-0.25, -0.2) is 4.79 Å². The molecule has 0 aromatic heterocycles. The molecule has 0 aliphatic rings. The van der Waals surface area contributed by atoms with Gasteiger partial charge >= 0.3 is 45.6 Å². The molecule has 0 rings (SSSR count). The van der Waals surface area contributed by atoms with Crippen LogP contribution < -0.4 is 34.7 Å². The molecule has 0 heterocycles. The fraction of sp³-hybridized carbons (Fsp3) is 0.733. The summed E-state index contributed by atoms with van der Waals surface area (Å²) in [5, 5.41) is 8.45. The van der Waals surface area contributed by atoms with Crippen molar-refractivity contribution in [1.82, 2.24) is 0 Å². The monoisotopic (exact) mass is 436 g/mol. The maximum atomic E-state index is 11.6. The molecule has 0 aromatic rings. The summed E-state index contributed by atoms with van der Waals surface area (Å²) < 4.78 is 58.0. The van der Waals surface area contributed by atoms with Crippen LogP contribution in [0.4, 0.5) is 0 Å². The van der Waals surface area contributed by atoms with E-state index in [1.54, 1.807) is 0 Å². The van der Waals surface area contributed by atoms with Gasteiger partial charge < -0.3 is 14.1 Å². The van der Waals surface area contributed by atoms with Gasteiger partial charge in [0.25, 0.3) is 10.1 Å². The van der Waals surface area contributed by atoms with Crippen molar-refractivity contribution in [3.05, 3.63) is 11.5 Å². The third-order valence-corrected chi connectivity index (χ3v) is 5.41. The van der Waals surface area contributed by atoms with Gasteiger partial charge in [-0.3, -0.25) is 4.55 Å². The fourth-order valence-electron chi connectivity index (χ4n) is 2.06. The van der Waals surface area contributed by atoms with Crippen LogP contribution in [0, 0.1) is 0 Å². The van der Waals surface area contributed by atoms with Crippen LogP contribution in [0.3, 0.4) is 0 Å². The Bertz CT molecular complexity index is 684. The van der Waals surface area contributed by atoms with Gasteiger partial charge in [-0.15, -0.1) is 0 Å². The van der Waals surface area contributed by atoms with Gasteiger partial charge in [0.2, 0.25) is 0 Å². The van der Waals surface area contributed by atoms with Crippen molar-refractivity contribution < 1.29 is 69.8 Å². The zero-order valence-electron chi connectivity index (χ0n) is 15.6. The number of unbranched alkanes of at least 4 members (excludes halogenated alkanes) is 7. The van der Waals surface area contributed by atoms with Crippen molar-refractivity contribution in [2.24, 2.45) is 0 Å². The van der Waals surface area contributed by atoms with Crippen LogP contribution in [0.5, 0.6) is 0 Å². The number of rotatable bonds is 14. The fourth-order valence-corrected chi connectivity index (χ4v) is 3.53. The maximum absolute atomic E-state index is 11.6. The summed E-state index contributed by atoms with van der Waals surface area (Å²) in [4.78, 5) is 22.0. The zero-order valence-corrected chi connectivity index (χ0v) is 19.3. The van der Waals surface area contributed by atoms with Gasteiger partial charge in [-0.1, -0.05) is 51.5 Å². The molecule has 1 N–H and O–H groups in total. The summed E-state index contributed by atoms with van der Waals surface area (Å²) in [6.45, 7) is 2.12. The largest absolute Gasteiger partial charge is 1.00 e. The van der Waals surface area contributed by atoms with E-state index in [1.165, 1.54) is 12.5 Å².